The second-order valence-corrected chi connectivity index (χ2v) is 4.71. The minimum absolute atomic E-state index is 0.120. The summed E-state index contributed by atoms with van der Waals surface area (Å²) in [6.45, 7) is 7.70. The zero-order valence-corrected chi connectivity index (χ0v) is 10.9. The smallest absolute Gasteiger partial charge is 0.0814 e. The van der Waals surface area contributed by atoms with Crippen LogP contribution in [0.5, 0.6) is 0 Å². The number of aromatic nitrogens is 2. The van der Waals surface area contributed by atoms with E-state index in [4.69, 9.17) is 11.6 Å². The van der Waals surface area contributed by atoms with E-state index in [2.05, 4.69) is 10.4 Å². The first-order chi connectivity index (χ1) is 7.52. The molecule has 0 radical (unpaired) electrons. The summed E-state index contributed by atoms with van der Waals surface area (Å²) >= 11 is 5.93. The summed E-state index contributed by atoms with van der Waals surface area (Å²) < 4.78 is 1.87. The van der Waals surface area contributed by atoms with E-state index in [1.165, 1.54) is 0 Å². The number of nitrogens with zero attached hydrogens (tertiary/aromatic N) is 2. The van der Waals surface area contributed by atoms with Gasteiger partial charge in [-0.05, 0) is 26.8 Å². The number of hydrogen-bond acceptors (Lipinski definition) is 3. The van der Waals surface area contributed by atoms with E-state index in [0.717, 1.165) is 25.2 Å². The summed E-state index contributed by atoms with van der Waals surface area (Å²) in [6, 6.07) is 0. The molecule has 2 N–H and O–H groups in total. The molecule has 0 amide bonds. The fourth-order valence-corrected chi connectivity index (χ4v) is 1.79. The summed E-state index contributed by atoms with van der Waals surface area (Å²) in [5.41, 5.74) is 0.720. The zero-order valence-electron chi connectivity index (χ0n) is 10.1. The average molecular weight is 246 g/mol. The molecule has 1 heterocycles. The molecule has 92 valence electrons. The highest BCUT2D eigenvalue weighted by Gasteiger charge is 2.22. The number of nitrogens with one attached hydrogen (secondary N) is 1. The maximum atomic E-state index is 9.35. The van der Waals surface area contributed by atoms with Gasteiger partial charge >= 0.3 is 0 Å². The molecule has 0 aliphatic heterocycles. The first-order valence-corrected chi connectivity index (χ1v) is 5.94. The van der Waals surface area contributed by atoms with Gasteiger partial charge in [0.05, 0.1) is 23.5 Å². The van der Waals surface area contributed by atoms with Crippen LogP contribution in [0.1, 0.15) is 26.0 Å². The van der Waals surface area contributed by atoms with Gasteiger partial charge < -0.3 is 10.4 Å². The van der Waals surface area contributed by atoms with E-state index in [0.29, 0.717) is 5.02 Å². The summed E-state index contributed by atoms with van der Waals surface area (Å²) in [6.07, 6.45) is 2.47. The van der Waals surface area contributed by atoms with Gasteiger partial charge in [-0.3, -0.25) is 4.68 Å². The minimum Gasteiger partial charge on any atom is -0.394 e. The van der Waals surface area contributed by atoms with Crippen molar-refractivity contribution in [2.75, 3.05) is 13.2 Å². The maximum Gasteiger partial charge on any atom is 0.0814 e. The first-order valence-electron chi connectivity index (χ1n) is 5.56. The van der Waals surface area contributed by atoms with E-state index < -0.39 is 0 Å². The SMILES string of the molecule is CCNC(C)(CO)CCn1ncc(Cl)c1C. The van der Waals surface area contributed by atoms with Crippen molar-refractivity contribution in [1.29, 1.82) is 0 Å². The lowest BCUT2D eigenvalue weighted by Gasteiger charge is -2.28. The van der Waals surface area contributed by atoms with E-state index in [-0.39, 0.29) is 12.1 Å². The van der Waals surface area contributed by atoms with Gasteiger partial charge in [0.25, 0.3) is 0 Å². The van der Waals surface area contributed by atoms with Gasteiger partial charge in [0.15, 0.2) is 0 Å². The molecule has 0 fully saturated rings. The van der Waals surface area contributed by atoms with Gasteiger partial charge in [-0.2, -0.15) is 5.10 Å². The monoisotopic (exact) mass is 245 g/mol. The molecular weight excluding hydrogens is 226 g/mol. The van der Waals surface area contributed by atoms with Gasteiger partial charge in [0.2, 0.25) is 0 Å². The summed E-state index contributed by atoms with van der Waals surface area (Å²) in [4.78, 5) is 0. The second kappa shape index (κ2) is 5.66. The van der Waals surface area contributed by atoms with Crippen molar-refractivity contribution in [2.24, 2.45) is 0 Å². The topological polar surface area (TPSA) is 50.1 Å². The molecule has 0 aliphatic rings. The van der Waals surface area contributed by atoms with Crippen LogP contribution >= 0.6 is 11.6 Å². The molecule has 16 heavy (non-hydrogen) atoms. The molecule has 1 rings (SSSR count). The summed E-state index contributed by atoms with van der Waals surface area (Å²) in [7, 11) is 0. The van der Waals surface area contributed by atoms with Crippen LogP contribution in [0.3, 0.4) is 0 Å². The van der Waals surface area contributed by atoms with E-state index in [1.807, 2.05) is 25.5 Å². The number of aryl methyl sites for hydroxylation is 1. The van der Waals surface area contributed by atoms with E-state index in [9.17, 15) is 5.11 Å². The molecule has 5 heteroatoms. The van der Waals surface area contributed by atoms with E-state index >= 15 is 0 Å². The summed E-state index contributed by atoms with van der Waals surface area (Å²) in [5, 5.41) is 17.5. The quantitative estimate of drug-likeness (QED) is 0.801. The van der Waals surface area contributed by atoms with Crippen LogP contribution in [-0.2, 0) is 6.54 Å². The third kappa shape index (κ3) is 3.20. The van der Waals surface area contributed by atoms with Crippen molar-refractivity contribution in [2.45, 2.75) is 39.3 Å². The van der Waals surface area contributed by atoms with Crippen molar-refractivity contribution >= 4 is 11.6 Å². The van der Waals surface area contributed by atoms with Gasteiger partial charge in [-0.15, -0.1) is 0 Å². The van der Waals surface area contributed by atoms with Crippen LogP contribution in [-0.4, -0.2) is 33.6 Å². The number of hydrogen-bond donors (Lipinski definition) is 2. The van der Waals surface area contributed by atoms with Crippen molar-refractivity contribution in [3.8, 4) is 0 Å². The lowest BCUT2D eigenvalue weighted by molar-refractivity contribution is 0.161. The standard InChI is InChI=1S/C11H20ClN3O/c1-4-13-11(3,8-16)5-6-15-9(2)10(12)7-14-15/h7,13,16H,4-6,8H2,1-3H3. The first kappa shape index (κ1) is 13.5. The summed E-state index contributed by atoms with van der Waals surface area (Å²) in [5.74, 6) is 0. The van der Waals surface area contributed by atoms with Gasteiger partial charge in [-0.25, -0.2) is 0 Å². The fraction of sp³-hybridized carbons (Fsp3) is 0.727. The van der Waals surface area contributed by atoms with Crippen LogP contribution in [0.4, 0.5) is 0 Å². The molecule has 0 saturated carbocycles. The van der Waals surface area contributed by atoms with Crippen molar-refractivity contribution in [3.05, 3.63) is 16.9 Å². The Morgan fingerprint density at radius 3 is 2.75 bits per heavy atom. The molecule has 0 aromatic carbocycles. The third-order valence-corrected chi connectivity index (χ3v) is 3.24. The Labute approximate surface area is 102 Å². The lowest BCUT2D eigenvalue weighted by Crippen LogP contribution is -2.46. The van der Waals surface area contributed by atoms with Crippen molar-refractivity contribution in [3.63, 3.8) is 0 Å². The number of rotatable bonds is 6. The molecule has 0 aliphatic carbocycles. The maximum absolute atomic E-state index is 9.35. The Morgan fingerprint density at radius 1 is 1.62 bits per heavy atom. The van der Waals surface area contributed by atoms with Gasteiger partial charge in [-0.1, -0.05) is 18.5 Å². The van der Waals surface area contributed by atoms with Crippen LogP contribution in [0.15, 0.2) is 6.20 Å². The van der Waals surface area contributed by atoms with Crippen LogP contribution in [0, 0.1) is 6.92 Å². The molecule has 0 spiro atoms. The fourth-order valence-electron chi connectivity index (χ4n) is 1.65. The zero-order chi connectivity index (χ0) is 12.2. The largest absolute Gasteiger partial charge is 0.394 e. The normalized spacial score (nSPS) is 15.1. The number of halogens is 1. The van der Waals surface area contributed by atoms with Crippen molar-refractivity contribution in [1.82, 2.24) is 15.1 Å². The van der Waals surface area contributed by atoms with Gasteiger partial charge in [0, 0.05) is 12.1 Å². The molecule has 1 unspecified atom stereocenters. The number of likely N-dealkylation sites (N-methyl/N-ethyl adjacent to an activating group) is 1. The highest BCUT2D eigenvalue weighted by atomic mass is 35.5. The Balaban J connectivity index is 2.59. The van der Waals surface area contributed by atoms with Crippen LogP contribution < -0.4 is 5.32 Å². The minimum atomic E-state index is -0.250. The highest BCUT2D eigenvalue weighted by molar-refractivity contribution is 6.31. The van der Waals surface area contributed by atoms with E-state index in [1.54, 1.807) is 6.20 Å². The Morgan fingerprint density at radius 2 is 2.31 bits per heavy atom. The second-order valence-electron chi connectivity index (χ2n) is 4.30. The Bertz CT molecular complexity index is 340. The van der Waals surface area contributed by atoms with Gasteiger partial charge in [0.1, 0.15) is 0 Å². The number of aliphatic hydroxyl groups excluding tert-OH is 1. The molecule has 1 aromatic rings. The lowest BCUT2D eigenvalue weighted by atomic mass is 9.99. The average Bonchev–Trinajstić information content (AvgIpc) is 2.58. The van der Waals surface area contributed by atoms with Crippen molar-refractivity contribution < 1.29 is 5.11 Å². The number of aliphatic hydroxyl groups is 1. The highest BCUT2D eigenvalue weighted by Crippen LogP contribution is 2.16. The molecular formula is C11H20ClN3O. The van der Waals surface area contributed by atoms with Crippen LogP contribution in [0.25, 0.3) is 0 Å². The van der Waals surface area contributed by atoms with Crippen LogP contribution in [0.2, 0.25) is 5.02 Å². The predicted molar refractivity (Wildman–Crippen MR) is 65.8 cm³/mol. The Hall–Kier alpha value is -0.580. The molecule has 4 nitrogen and oxygen atoms in total. The molecule has 1 atom stereocenters. The Kier molecular flexibility index (Phi) is 4.77. The third-order valence-electron chi connectivity index (χ3n) is 2.87. The molecule has 0 saturated heterocycles. The molecule has 1 aromatic heterocycles. The predicted octanol–water partition coefficient (Wildman–Crippen LogP) is 1.60. The molecule has 0 bridgehead atoms.